The molecule has 2 aromatic rings. The number of hydrogen-bond acceptors (Lipinski definition) is 7. The molecule has 0 aliphatic carbocycles. The minimum atomic E-state index is -0.338. The molecule has 8 heteroatoms. The zero-order valence-electron chi connectivity index (χ0n) is 12.9. The lowest BCUT2D eigenvalue weighted by atomic mass is 10.2. The van der Waals surface area contributed by atoms with Crippen LogP contribution in [0.5, 0.6) is 0 Å². The lowest BCUT2D eigenvalue weighted by molar-refractivity contribution is -0.140. The number of thioether (sulfide) groups is 1. The third kappa shape index (κ3) is 3.44. The Morgan fingerprint density at radius 2 is 2.32 bits per heavy atom. The summed E-state index contributed by atoms with van der Waals surface area (Å²) in [7, 11) is 1.38. The van der Waals surface area contributed by atoms with Gasteiger partial charge in [-0.1, -0.05) is 31.5 Å². The van der Waals surface area contributed by atoms with Crippen LogP contribution in [0.3, 0.4) is 0 Å². The van der Waals surface area contributed by atoms with E-state index in [-0.39, 0.29) is 11.2 Å². The van der Waals surface area contributed by atoms with Gasteiger partial charge in [-0.05, 0) is 19.4 Å². The van der Waals surface area contributed by atoms with Crippen LogP contribution in [0, 0.1) is 6.92 Å². The smallest absolute Gasteiger partial charge is 0.319 e. The zero-order valence-corrected chi connectivity index (χ0v) is 13.7. The zero-order chi connectivity index (χ0) is 16.1. The summed E-state index contributed by atoms with van der Waals surface area (Å²) in [5, 5.41) is 8.31. The van der Waals surface area contributed by atoms with E-state index in [4.69, 9.17) is 15.0 Å². The Labute approximate surface area is 133 Å². The van der Waals surface area contributed by atoms with Gasteiger partial charge in [0, 0.05) is 0 Å². The molecule has 0 radical (unpaired) electrons. The molecule has 2 aromatic heterocycles. The minimum Gasteiger partial charge on any atom is -0.469 e. The molecule has 120 valence electrons. The molecule has 2 rings (SSSR count). The summed E-state index contributed by atoms with van der Waals surface area (Å²) in [6, 6.07) is 1.78. The predicted molar refractivity (Wildman–Crippen MR) is 83.8 cm³/mol. The van der Waals surface area contributed by atoms with E-state index in [9.17, 15) is 4.79 Å². The third-order valence-electron chi connectivity index (χ3n) is 3.30. The van der Waals surface area contributed by atoms with Gasteiger partial charge in [-0.25, -0.2) is 4.68 Å². The number of rotatable bonds is 7. The molecule has 7 nitrogen and oxygen atoms in total. The largest absolute Gasteiger partial charge is 0.469 e. The molecule has 0 amide bonds. The van der Waals surface area contributed by atoms with Crippen LogP contribution in [-0.4, -0.2) is 33.2 Å². The van der Waals surface area contributed by atoms with Gasteiger partial charge in [-0.15, -0.1) is 10.2 Å². The Kier molecular flexibility index (Phi) is 5.48. The molecule has 1 atom stereocenters. The summed E-state index contributed by atoms with van der Waals surface area (Å²) < 4.78 is 11.5. The first-order valence-electron chi connectivity index (χ1n) is 7.07. The van der Waals surface area contributed by atoms with Crippen molar-refractivity contribution in [2.24, 2.45) is 0 Å². The van der Waals surface area contributed by atoms with E-state index >= 15 is 0 Å². The lowest BCUT2D eigenvalue weighted by Crippen LogP contribution is -2.21. The predicted octanol–water partition coefficient (Wildman–Crippen LogP) is 2.38. The molecule has 0 aliphatic rings. The molecule has 0 aromatic carbocycles. The van der Waals surface area contributed by atoms with Crippen molar-refractivity contribution in [2.75, 3.05) is 13.0 Å². The third-order valence-corrected chi connectivity index (χ3v) is 4.50. The van der Waals surface area contributed by atoms with Crippen LogP contribution >= 0.6 is 11.8 Å². The van der Waals surface area contributed by atoms with Crippen molar-refractivity contribution in [3.8, 4) is 11.4 Å². The van der Waals surface area contributed by atoms with Crippen molar-refractivity contribution in [2.45, 2.75) is 43.5 Å². The number of carbonyl (C=O) groups excluding carboxylic acids is 1. The second-order valence-corrected chi connectivity index (χ2v) is 6.01. The number of carbonyl (C=O) groups is 1. The van der Waals surface area contributed by atoms with Gasteiger partial charge in [0.2, 0.25) is 5.16 Å². The number of methoxy groups -OCH3 is 1. The van der Waals surface area contributed by atoms with Gasteiger partial charge >= 0.3 is 5.97 Å². The van der Waals surface area contributed by atoms with Gasteiger partial charge in [0.05, 0.1) is 18.9 Å². The van der Waals surface area contributed by atoms with Gasteiger partial charge < -0.3 is 15.0 Å². The molecule has 0 saturated heterocycles. The Bertz CT molecular complexity index is 638. The van der Waals surface area contributed by atoms with Gasteiger partial charge in [0.15, 0.2) is 5.82 Å². The van der Waals surface area contributed by atoms with Crippen molar-refractivity contribution >= 4 is 17.7 Å². The van der Waals surface area contributed by atoms with Crippen molar-refractivity contribution in [1.82, 2.24) is 14.9 Å². The molecule has 2 heterocycles. The van der Waals surface area contributed by atoms with Crippen LogP contribution in [0.2, 0.25) is 0 Å². The molecule has 0 bridgehead atoms. The Balaban J connectivity index is 2.20. The summed E-state index contributed by atoms with van der Waals surface area (Å²) >= 11 is 1.27. The summed E-state index contributed by atoms with van der Waals surface area (Å²) in [6.07, 6.45) is 4.22. The van der Waals surface area contributed by atoms with Gasteiger partial charge in [-0.3, -0.25) is 4.79 Å². The standard InChI is InChI=1S/C14H20N4O3S/c1-4-5-6-11(13(19)20-3)22-14-17-16-12(18(14)15)10-7-8-21-9(10)2/h7-8,11H,4-6,15H2,1-3H3. The Morgan fingerprint density at radius 3 is 2.91 bits per heavy atom. The second kappa shape index (κ2) is 7.35. The maximum atomic E-state index is 11.9. The van der Waals surface area contributed by atoms with E-state index < -0.39 is 0 Å². The Hall–Kier alpha value is -1.96. The van der Waals surface area contributed by atoms with Crippen molar-refractivity contribution in [3.63, 3.8) is 0 Å². The highest BCUT2D eigenvalue weighted by Crippen LogP contribution is 2.29. The van der Waals surface area contributed by atoms with Crippen molar-refractivity contribution in [1.29, 1.82) is 0 Å². The molecule has 0 fully saturated rings. The number of furan rings is 1. The average molecular weight is 324 g/mol. The van der Waals surface area contributed by atoms with Crippen LogP contribution in [0.4, 0.5) is 0 Å². The maximum Gasteiger partial charge on any atom is 0.319 e. The van der Waals surface area contributed by atoms with E-state index in [1.165, 1.54) is 23.5 Å². The van der Waals surface area contributed by atoms with E-state index in [1.54, 1.807) is 12.3 Å². The van der Waals surface area contributed by atoms with E-state index in [0.717, 1.165) is 18.4 Å². The molecular weight excluding hydrogens is 304 g/mol. The first kappa shape index (κ1) is 16.4. The molecule has 22 heavy (non-hydrogen) atoms. The lowest BCUT2D eigenvalue weighted by Gasteiger charge is -2.12. The molecule has 0 aliphatic heterocycles. The van der Waals surface area contributed by atoms with Crippen LogP contribution in [0.15, 0.2) is 21.9 Å². The number of nitrogen functional groups attached to an aromatic ring is 1. The number of nitrogens with zero attached hydrogens (tertiary/aromatic N) is 3. The van der Waals surface area contributed by atoms with Crippen LogP contribution in [0.1, 0.15) is 31.9 Å². The monoisotopic (exact) mass is 324 g/mol. The molecule has 1 unspecified atom stereocenters. The van der Waals surface area contributed by atoms with Crippen LogP contribution in [-0.2, 0) is 9.53 Å². The van der Waals surface area contributed by atoms with E-state index in [2.05, 4.69) is 17.1 Å². The summed E-state index contributed by atoms with van der Waals surface area (Å²) in [6.45, 7) is 3.90. The van der Waals surface area contributed by atoms with Crippen LogP contribution < -0.4 is 5.84 Å². The summed E-state index contributed by atoms with van der Waals surface area (Å²) in [5.41, 5.74) is 0.782. The number of unbranched alkanes of at least 4 members (excludes halogenated alkanes) is 1. The molecule has 0 spiro atoms. The molecule has 2 N–H and O–H groups in total. The van der Waals surface area contributed by atoms with Crippen LogP contribution in [0.25, 0.3) is 11.4 Å². The number of esters is 1. The number of aromatic nitrogens is 3. The summed E-state index contributed by atoms with van der Waals surface area (Å²) in [5.74, 6) is 7.00. The molecule has 0 saturated carbocycles. The quantitative estimate of drug-likeness (QED) is 0.474. The first-order chi connectivity index (χ1) is 10.6. The summed E-state index contributed by atoms with van der Waals surface area (Å²) in [4.78, 5) is 11.9. The highest BCUT2D eigenvalue weighted by Gasteiger charge is 2.24. The van der Waals surface area contributed by atoms with Crippen molar-refractivity contribution < 1.29 is 13.9 Å². The van der Waals surface area contributed by atoms with Gasteiger partial charge in [0.25, 0.3) is 0 Å². The SMILES string of the molecule is CCCCC(Sc1nnc(-c2ccoc2C)n1N)C(=O)OC. The number of nitrogens with two attached hydrogens (primary N) is 1. The molecular formula is C14H20N4O3S. The average Bonchev–Trinajstić information content (AvgIpc) is 3.09. The Morgan fingerprint density at radius 1 is 1.55 bits per heavy atom. The fraction of sp³-hybridized carbons (Fsp3) is 0.500. The fourth-order valence-corrected chi connectivity index (χ4v) is 3.05. The second-order valence-electron chi connectivity index (χ2n) is 4.84. The number of hydrogen-bond donors (Lipinski definition) is 1. The fourth-order valence-electron chi connectivity index (χ4n) is 2.03. The van der Waals surface area contributed by atoms with E-state index in [1.807, 2.05) is 6.92 Å². The van der Waals surface area contributed by atoms with Gasteiger partial charge in [-0.2, -0.15) is 0 Å². The van der Waals surface area contributed by atoms with Gasteiger partial charge in [0.1, 0.15) is 11.0 Å². The first-order valence-corrected chi connectivity index (χ1v) is 7.95. The maximum absolute atomic E-state index is 11.9. The number of ether oxygens (including phenoxy) is 1. The normalized spacial score (nSPS) is 12.3. The highest BCUT2D eigenvalue weighted by atomic mass is 32.2. The highest BCUT2D eigenvalue weighted by molar-refractivity contribution is 8.00. The van der Waals surface area contributed by atoms with Crippen molar-refractivity contribution in [3.05, 3.63) is 18.1 Å². The number of aryl methyl sites for hydroxylation is 1. The topological polar surface area (TPSA) is 96.2 Å². The minimum absolute atomic E-state index is 0.275. The van der Waals surface area contributed by atoms with E-state index in [0.29, 0.717) is 23.2 Å².